The molecular weight excluding hydrogens is 566 g/mol. The number of carbonyl (C=O) groups excluding carboxylic acids is 1. The highest BCUT2D eigenvalue weighted by atomic mass is 16.3. The number of carbonyl (C=O) groups is 1. The maximum absolute atomic E-state index is 12.3. The molecule has 46 heavy (non-hydrogen) atoms. The normalized spacial score (nSPS) is 13.9. The van der Waals surface area contributed by atoms with Gasteiger partial charge in [-0.25, -0.2) is 0 Å². The number of aliphatic hydroxyl groups excluding tert-OH is 2. The second kappa shape index (κ2) is 37.3. The van der Waals surface area contributed by atoms with Crippen LogP contribution >= 0.6 is 0 Å². The fraction of sp³-hybridized carbons (Fsp3) is 0.690. The molecule has 0 saturated carbocycles. The quantitative estimate of drug-likeness (QED) is 0.0494. The summed E-state index contributed by atoms with van der Waals surface area (Å²) in [5.74, 6) is -0.0923. The van der Waals surface area contributed by atoms with Gasteiger partial charge < -0.3 is 15.5 Å². The van der Waals surface area contributed by atoms with Crippen LogP contribution in [-0.4, -0.2) is 34.9 Å². The highest BCUT2D eigenvalue weighted by Gasteiger charge is 2.17. The van der Waals surface area contributed by atoms with Gasteiger partial charge in [-0.1, -0.05) is 164 Å². The molecule has 1 amide bonds. The summed E-state index contributed by atoms with van der Waals surface area (Å²) in [6.07, 6.45) is 52.7. The van der Waals surface area contributed by atoms with E-state index < -0.39 is 12.1 Å². The third-order valence-corrected chi connectivity index (χ3v) is 8.17. The lowest BCUT2D eigenvalue weighted by Gasteiger charge is -2.19. The van der Waals surface area contributed by atoms with Crippen molar-refractivity contribution in [2.24, 2.45) is 0 Å². The largest absolute Gasteiger partial charge is 0.394 e. The molecule has 0 aromatic rings. The Morgan fingerprint density at radius 2 is 0.978 bits per heavy atom. The van der Waals surface area contributed by atoms with Gasteiger partial charge in [0.15, 0.2) is 0 Å². The number of nitrogens with one attached hydrogen (secondary N) is 1. The predicted molar refractivity (Wildman–Crippen MR) is 202 cm³/mol. The van der Waals surface area contributed by atoms with Crippen LogP contribution < -0.4 is 5.32 Å². The first-order chi connectivity index (χ1) is 22.7. The lowest BCUT2D eigenvalue weighted by molar-refractivity contribution is -0.123. The van der Waals surface area contributed by atoms with E-state index in [1.54, 1.807) is 6.08 Å². The fourth-order valence-electron chi connectivity index (χ4n) is 5.24. The second-order valence-electron chi connectivity index (χ2n) is 12.6. The van der Waals surface area contributed by atoms with Gasteiger partial charge in [0, 0.05) is 6.42 Å². The summed E-state index contributed by atoms with van der Waals surface area (Å²) in [5, 5.41) is 22.9. The Morgan fingerprint density at radius 3 is 1.52 bits per heavy atom. The average molecular weight is 640 g/mol. The standard InChI is InChI=1S/C42H73NO3/c1-3-5-7-9-11-13-15-17-19-20-21-22-24-26-28-30-32-34-36-38-42(46)43-40(39-44)41(45)37-35-33-31-29-27-25-23-18-16-14-12-10-8-6-4-2/h5,7,11,13,17,19,21-22,27,29,35,37,40-41,44-45H,3-4,6,8-10,12,14-16,18,20,23-26,28,30-34,36,38-39H2,1-2H3,(H,43,46)/b7-5-,13-11-,19-17-,22-21-,29-27+,37-35+. The monoisotopic (exact) mass is 640 g/mol. The van der Waals surface area contributed by atoms with E-state index >= 15 is 0 Å². The topological polar surface area (TPSA) is 69.6 Å². The van der Waals surface area contributed by atoms with Crippen LogP contribution in [0.4, 0.5) is 0 Å². The van der Waals surface area contributed by atoms with Crippen LogP contribution in [0.1, 0.15) is 168 Å². The molecule has 0 bridgehead atoms. The summed E-state index contributed by atoms with van der Waals surface area (Å²) in [7, 11) is 0. The molecule has 2 atom stereocenters. The average Bonchev–Trinajstić information content (AvgIpc) is 3.06. The Bertz CT molecular complexity index is 823. The van der Waals surface area contributed by atoms with E-state index in [2.05, 4.69) is 79.9 Å². The van der Waals surface area contributed by atoms with Crippen molar-refractivity contribution >= 4 is 5.91 Å². The maximum Gasteiger partial charge on any atom is 0.220 e. The lowest BCUT2D eigenvalue weighted by Crippen LogP contribution is -2.45. The lowest BCUT2D eigenvalue weighted by atomic mass is 10.1. The molecule has 3 N–H and O–H groups in total. The van der Waals surface area contributed by atoms with E-state index in [9.17, 15) is 15.0 Å². The number of amides is 1. The van der Waals surface area contributed by atoms with Gasteiger partial charge in [-0.2, -0.15) is 0 Å². The molecule has 4 heteroatoms. The van der Waals surface area contributed by atoms with Crippen LogP contribution in [0.2, 0.25) is 0 Å². The number of allylic oxidation sites excluding steroid dienone is 11. The molecule has 0 aromatic heterocycles. The predicted octanol–water partition coefficient (Wildman–Crippen LogP) is 11.6. The first-order valence-corrected chi connectivity index (χ1v) is 19.2. The Labute approximate surface area is 285 Å². The zero-order valence-electron chi connectivity index (χ0n) is 30.1. The Kier molecular flexibility index (Phi) is 35.5. The number of aliphatic hydroxyl groups is 2. The molecule has 0 saturated heterocycles. The first-order valence-electron chi connectivity index (χ1n) is 19.2. The molecule has 0 fully saturated rings. The smallest absolute Gasteiger partial charge is 0.220 e. The zero-order valence-corrected chi connectivity index (χ0v) is 30.1. The number of rotatable bonds is 33. The van der Waals surface area contributed by atoms with Crippen molar-refractivity contribution in [3.63, 3.8) is 0 Å². The van der Waals surface area contributed by atoms with Crippen molar-refractivity contribution in [1.29, 1.82) is 0 Å². The minimum Gasteiger partial charge on any atom is -0.394 e. The van der Waals surface area contributed by atoms with Gasteiger partial charge in [0.05, 0.1) is 18.8 Å². The van der Waals surface area contributed by atoms with Crippen LogP contribution in [0.25, 0.3) is 0 Å². The Hall–Kier alpha value is -2.17. The molecule has 0 radical (unpaired) electrons. The third-order valence-electron chi connectivity index (χ3n) is 8.17. The summed E-state index contributed by atoms with van der Waals surface area (Å²) in [6.45, 7) is 4.15. The minimum absolute atomic E-state index is 0.0923. The summed E-state index contributed by atoms with van der Waals surface area (Å²) in [4.78, 5) is 12.3. The molecule has 4 nitrogen and oxygen atoms in total. The highest BCUT2D eigenvalue weighted by Crippen LogP contribution is 2.12. The summed E-state index contributed by atoms with van der Waals surface area (Å²) in [6, 6.07) is -0.649. The molecule has 0 aliphatic carbocycles. The van der Waals surface area contributed by atoms with Gasteiger partial charge >= 0.3 is 0 Å². The number of hydrogen-bond acceptors (Lipinski definition) is 3. The van der Waals surface area contributed by atoms with Crippen molar-refractivity contribution in [2.45, 2.75) is 180 Å². The van der Waals surface area contributed by atoms with Crippen LogP contribution in [0.3, 0.4) is 0 Å². The van der Waals surface area contributed by atoms with Crippen LogP contribution in [-0.2, 0) is 4.79 Å². The fourth-order valence-corrected chi connectivity index (χ4v) is 5.24. The van der Waals surface area contributed by atoms with Gasteiger partial charge in [0.2, 0.25) is 5.91 Å². The van der Waals surface area contributed by atoms with Gasteiger partial charge in [0.1, 0.15) is 0 Å². The van der Waals surface area contributed by atoms with E-state index in [0.717, 1.165) is 70.6 Å². The molecule has 0 rings (SSSR count). The van der Waals surface area contributed by atoms with Gasteiger partial charge in [-0.05, 0) is 70.6 Å². The molecule has 0 spiro atoms. The van der Waals surface area contributed by atoms with Crippen LogP contribution in [0.5, 0.6) is 0 Å². The van der Waals surface area contributed by atoms with Crippen LogP contribution in [0, 0.1) is 0 Å². The van der Waals surface area contributed by atoms with Gasteiger partial charge in [-0.3, -0.25) is 4.79 Å². The van der Waals surface area contributed by atoms with Gasteiger partial charge in [-0.15, -0.1) is 0 Å². The van der Waals surface area contributed by atoms with E-state index in [4.69, 9.17) is 0 Å². The number of hydrogen-bond donors (Lipinski definition) is 3. The molecular formula is C42H73NO3. The molecule has 0 aliphatic rings. The van der Waals surface area contributed by atoms with E-state index in [0.29, 0.717) is 6.42 Å². The zero-order chi connectivity index (χ0) is 33.6. The molecule has 0 aromatic carbocycles. The van der Waals surface area contributed by atoms with Crippen molar-refractivity contribution in [2.75, 3.05) is 6.61 Å². The molecule has 0 aliphatic heterocycles. The first kappa shape index (κ1) is 43.8. The van der Waals surface area contributed by atoms with E-state index in [1.165, 1.54) is 77.0 Å². The summed E-state index contributed by atoms with van der Waals surface area (Å²) < 4.78 is 0. The van der Waals surface area contributed by atoms with Crippen molar-refractivity contribution in [3.05, 3.63) is 72.9 Å². The molecule has 2 unspecified atom stereocenters. The maximum atomic E-state index is 12.3. The number of unbranched alkanes of at least 4 members (excludes halogenated alkanes) is 16. The van der Waals surface area contributed by atoms with Crippen molar-refractivity contribution in [3.8, 4) is 0 Å². The van der Waals surface area contributed by atoms with Crippen molar-refractivity contribution < 1.29 is 15.0 Å². The second-order valence-corrected chi connectivity index (χ2v) is 12.6. The third kappa shape index (κ3) is 33.2. The highest BCUT2D eigenvalue weighted by molar-refractivity contribution is 5.76. The summed E-state index contributed by atoms with van der Waals surface area (Å²) in [5.41, 5.74) is 0. The Balaban J connectivity index is 3.72. The molecule has 0 heterocycles. The Morgan fingerprint density at radius 1 is 0.543 bits per heavy atom. The van der Waals surface area contributed by atoms with Gasteiger partial charge in [0.25, 0.3) is 0 Å². The van der Waals surface area contributed by atoms with E-state index in [-0.39, 0.29) is 12.5 Å². The van der Waals surface area contributed by atoms with Crippen molar-refractivity contribution in [1.82, 2.24) is 5.32 Å². The summed E-state index contributed by atoms with van der Waals surface area (Å²) >= 11 is 0. The SMILES string of the molecule is CC/C=C\C/C=C\C/C=C\C/C=C\CCCCCCCCC(=O)NC(CO)C(O)/C=C/CC/C=C/CCCCCCCCCCC. The minimum atomic E-state index is -0.870. The van der Waals surface area contributed by atoms with Crippen LogP contribution in [0.15, 0.2) is 72.9 Å². The molecule has 264 valence electrons. The van der Waals surface area contributed by atoms with E-state index in [1.807, 2.05) is 6.08 Å².